The molecule has 0 unspecified atom stereocenters. The predicted octanol–water partition coefficient (Wildman–Crippen LogP) is 4.54. The highest BCUT2D eigenvalue weighted by molar-refractivity contribution is 5.88. The molecule has 0 spiro atoms. The van der Waals surface area contributed by atoms with Gasteiger partial charge in [-0.15, -0.1) is 0 Å². The predicted molar refractivity (Wildman–Crippen MR) is 116 cm³/mol. The van der Waals surface area contributed by atoms with Crippen LogP contribution < -0.4 is 5.32 Å². The van der Waals surface area contributed by atoms with Crippen molar-refractivity contribution in [1.29, 1.82) is 0 Å². The summed E-state index contributed by atoms with van der Waals surface area (Å²) in [5, 5.41) is 3.10. The first-order valence-electron chi connectivity index (χ1n) is 10.8. The second-order valence-corrected chi connectivity index (χ2v) is 8.29. The maximum Gasteiger partial charge on any atom is 0.242 e. The summed E-state index contributed by atoms with van der Waals surface area (Å²) in [6.45, 7) is 3.79. The Hall–Kier alpha value is -2.69. The summed E-state index contributed by atoms with van der Waals surface area (Å²) < 4.78 is 14.3. The van der Waals surface area contributed by atoms with E-state index in [4.69, 9.17) is 0 Å². The number of halogens is 1. The molecule has 0 saturated heterocycles. The van der Waals surface area contributed by atoms with Crippen molar-refractivity contribution in [2.75, 3.05) is 0 Å². The fraction of sp³-hybridized carbons (Fsp3) is 0.440. The average molecular weight is 411 g/mol. The number of nitrogens with one attached hydrogen (secondary N) is 1. The molecule has 30 heavy (non-hydrogen) atoms. The number of hydrogen-bond donors (Lipinski definition) is 1. The number of carbonyl (C=O) groups excluding carboxylic acids is 2. The van der Waals surface area contributed by atoms with Crippen molar-refractivity contribution in [1.82, 2.24) is 10.2 Å². The Kier molecular flexibility index (Phi) is 7.61. The van der Waals surface area contributed by atoms with Gasteiger partial charge in [0.1, 0.15) is 11.9 Å². The van der Waals surface area contributed by atoms with Crippen molar-refractivity contribution in [3.63, 3.8) is 0 Å². The topological polar surface area (TPSA) is 49.4 Å². The van der Waals surface area contributed by atoms with Gasteiger partial charge in [0.25, 0.3) is 0 Å². The van der Waals surface area contributed by atoms with Gasteiger partial charge in [-0.05, 0) is 38.3 Å². The van der Waals surface area contributed by atoms with Crippen LogP contribution in [0.5, 0.6) is 0 Å². The molecule has 0 bridgehead atoms. The lowest BCUT2D eigenvalue weighted by Crippen LogP contribution is -2.50. The first-order chi connectivity index (χ1) is 14.4. The van der Waals surface area contributed by atoms with Crippen LogP contribution in [0.25, 0.3) is 0 Å². The Balaban J connectivity index is 1.76. The monoisotopic (exact) mass is 410 g/mol. The second-order valence-electron chi connectivity index (χ2n) is 8.29. The number of amides is 2. The minimum absolute atomic E-state index is 0.0661. The molecule has 1 fully saturated rings. The molecule has 1 atom stereocenters. The molecule has 4 nitrogen and oxygen atoms in total. The summed E-state index contributed by atoms with van der Waals surface area (Å²) in [5.74, 6) is -0.727. The van der Waals surface area contributed by atoms with Crippen molar-refractivity contribution >= 4 is 11.8 Å². The molecule has 1 N–H and O–H groups in total. The zero-order valence-electron chi connectivity index (χ0n) is 17.9. The molecule has 0 aromatic heterocycles. The summed E-state index contributed by atoms with van der Waals surface area (Å²) in [7, 11) is 0. The summed E-state index contributed by atoms with van der Waals surface area (Å²) in [6, 6.07) is 13.7. The van der Waals surface area contributed by atoms with Gasteiger partial charge >= 0.3 is 0 Å². The molecule has 0 radical (unpaired) electrons. The van der Waals surface area contributed by atoms with E-state index >= 15 is 0 Å². The number of aryl methyl sites for hydroxylation is 1. The summed E-state index contributed by atoms with van der Waals surface area (Å²) in [6.07, 6.45) is 5.56. The Bertz CT molecular complexity index is 860. The zero-order chi connectivity index (χ0) is 21.5. The number of benzene rings is 2. The van der Waals surface area contributed by atoms with Crippen molar-refractivity contribution in [2.45, 2.75) is 71.0 Å². The van der Waals surface area contributed by atoms with Gasteiger partial charge in [-0.25, -0.2) is 4.39 Å². The van der Waals surface area contributed by atoms with Gasteiger partial charge in [-0.1, -0.05) is 67.3 Å². The van der Waals surface area contributed by atoms with E-state index in [0.717, 1.165) is 36.8 Å². The highest BCUT2D eigenvalue weighted by Crippen LogP contribution is 2.19. The number of nitrogens with zero attached hydrogens (tertiary/aromatic N) is 1. The smallest absolute Gasteiger partial charge is 0.242 e. The van der Waals surface area contributed by atoms with Crippen molar-refractivity contribution < 1.29 is 14.0 Å². The highest BCUT2D eigenvalue weighted by Gasteiger charge is 2.28. The largest absolute Gasteiger partial charge is 0.352 e. The van der Waals surface area contributed by atoms with Crippen LogP contribution in [0.1, 0.15) is 55.7 Å². The van der Waals surface area contributed by atoms with E-state index in [1.807, 2.05) is 31.2 Å². The first-order valence-corrected chi connectivity index (χ1v) is 10.8. The van der Waals surface area contributed by atoms with E-state index < -0.39 is 6.04 Å². The van der Waals surface area contributed by atoms with Gasteiger partial charge < -0.3 is 10.2 Å². The van der Waals surface area contributed by atoms with Crippen LogP contribution in [-0.4, -0.2) is 28.8 Å². The molecule has 2 aromatic carbocycles. The SMILES string of the molecule is Cc1ccc(CC(=O)N(Cc2ccccc2F)[C@@H](C)C(=O)NC2CCCCC2)cc1. The molecule has 160 valence electrons. The van der Waals surface area contributed by atoms with Crippen molar-refractivity contribution in [3.05, 3.63) is 71.0 Å². The van der Waals surface area contributed by atoms with Gasteiger partial charge in [0.05, 0.1) is 6.42 Å². The summed E-state index contributed by atoms with van der Waals surface area (Å²) in [4.78, 5) is 27.6. The molecule has 0 heterocycles. The molecule has 0 aliphatic heterocycles. The number of hydrogen-bond acceptors (Lipinski definition) is 2. The van der Waals surface area contributed by atoms with Crippen LogP contribution in [-0.2, 0) is 22.6 Å². The molecule has 1 saturated carbocycles. The van der Waals surface area contributed by atoms with Gasteiger partial charge in [-0.3, -0.25) is 9.59 Å². The maximum atomic E-state index is 14.3. The van der Waals surface area contributed by atoms with Crippen molar-refractivity contribution in [2.24, 2.45) is 0 Å². The normalized spacial score (nSPS) is 15.4. The van der Waals surface area contributed by atoms with E-state index in [9.17, 15) is 14.0 Å². The average Bonchev–Trinajstić information content (AvgIpc) is 2.75. The lowest BCUT2D eigenvalue weighted by molar-refractivity contribution is -0.140. The van der Waals surface area contributed by atoms with Gasteiger partial charge in [-0.2, -0.15) is 0 Å². The lowest BCUT2D eigenvalue weighted by Gasteiger charge is -2.31. The molecule has 2 aromatic rings. The van der Waals surface area contributed by atoms with Gasteiger partial charge in [0, 0.05) is 18.2 Å². The van der Waals surface area contributed by atoms with E-state index in [0.29, 0.717) is 5.56 Å². The van der Waals surface area contributed by atoms with E-state index in [2.05, 4.69) is 5.32 Å². The fourth-order valence-electron chi connectivity index (χ4n) is 3.94. The standard InChI is InChI=1S/C25H31FN2O2/c1-18-12-14-20(15-13-18)16-24(29)28(17-21-8-6-7-11-23(21)26)19(2)25(30)27-22-9-4-3-5-10-22/h6-8,11-15,19,22H,3-5,9-10,16-17H2,1-2H3,(H,27,30)/t19-/m0/s1. The van der Waals surface area contributed by atoms with E-state index in [1.54, 1.807) is 25.1 Å². The molecular weight excluding hydrogens is 379 g/mol. The molecule has 3 rings (SSSR count). The van der Waals surface area contributed by atoms with Gasteiger partial charge in [0.2, 0.25) is 11.8 Å². The van der Waals surface area contributed by atoms with E-state index in [1.165, 1.54) is 17.4 Å². The van der Waals surface area contributed by atoms with Crippen LogP contribution in [0.4, 0.5) is 4.39 Å². The number of carbonyl (C=O) groups is 2. The van der Waals surface area contributed by atoms with Crippen LogP contribution in [0.15, 0.2) is 48.5 Å². The van der Waals surface area contributed by atoms with Crippen LogP contribution in [0, 0.1) is 12.7 Å². The Morgan fingerprint density at radius 1 is 1.07 bits per heavy atom. The molecule has 5 heteroatoms. The first kappa shape index (κ1) is 22.0. The molecule has 2 amide bonds. The quantitative estimate of drug-likeness (QED) is 0.728. The third-order valence-corrected chi connectivity index (χ3v) is 5.89. The summed E-state index contributed by atoms with van der Waals surface area (Å²) >= 11 is 0. The van der Waals surface area contributed by atoms with Crippen LogP contribution >= 0.6 is 0 Å². The third-order valence-electron chi connectivity index (χ3n) is 5.89. The second kappa shape index (κ2) is 10.4. The lowest BCUT2D eigenvalue weighted by atomic mass is 9.95. The van der Waals surface area contributed by atoms with Crippen LogP contribution in [0.2, 0.25) is 0 Å². The maximum absolute atomic E-state index is 14.3. The number of rotatable bonds is 7. The van der Waals surface area contributed by atoms with Gasteiger partial charge in [0.15, 0.2) is 0 Å². The van der Waals surface area contributed by atoms with Crippen molar-refractivity contribution in [3.8, 4) is 0 Å². The zero-order valence-corrected chi connectivity index (χ0v) is 17.9. The van der Waals surface area contributed by atoms with Crippen LogP contribution in [0.3, 0.4) is 0 Å². The van der Waals surface area contributed by atoms with E-state index in [-0.39, 0.29) is 36.6 Å². The minimum Gasteiger partial charge on any atom is -0.352 e. The Morgan fingerprint density at radius 3 is 2.40 bits per heavy atom. The Morgan fingerprint density at radius 2 is 1.73 bits per heavy atom. The minimum atomic E-state index is -0.676. The summed E-state index contributed by atoms with van der Waals surface area (Å²) in [5.41, 5.74) is 2.41. The highest BCUT2D eigenvalue weighted by atomic mass is 19.1. The molecule has 1 aliphatic rings. The fourth-order valence-corrected chi connectivity index (χ4v) is 3.94. The molecule has 1 aliphatic carbocycles. The molecular formula is C25H31FN2O2. The Labute approximate surface area is 178 Å². The third kappa shape index (κ3) is 5.91.